The van der Waals surface area contributed by atoms with E-state index in [-0.39, 0.29) is 33.9 Å². The number of hydrogen-bond donors (Lipinski definition) is 3. The Bertz CT molecular complexity index is 2530. The highest BCUT2D eigenvalue weighted by Crippen LogP contribution is 2.33. The van der Waals surface area contributed by atoms with Gasteiger partial charge in [-0.15, -0.1) is 0 Å². The molecule has 1 atom stereocenters. The van der Waals surface area contributed by atoms with Crippen molar-refractivity contribution in [2.75, 3.05) is 25.7 Å². The molecular formula is C45H35ClF7N3O5. The minimum absolute atomic E-state index is 0.00305. The lowest BCUT2D eigenvalue weighted by Gasteiger charge is -2.18. The van der Waals surface area contributed by atoms with Gasteiger partial charge in [0, 0.05) is 17.8 Å². The standard InChI is InChI=1S/C30H23ClF4N2O3.C15H12F3NO2/c1-40-29(39)27(14-17-2-4-18(5-3-17)21-8-12-25(32)24(31)16-21)37-28(38)23-15-20(9-13-26(23)36)19-6-10-22(11-7-19)30(33,34)35;1-21-14(20)12-8-10(4-7-13(12)19)9-2-5-11(6-3-9)15(16,17)18/h2-13,15-16,27H,14,36H2,1H3,(H,37,38);2-8H,19H2,1H3. The summed E-state index contributed by atoms with van der Waals surface area (Å²) in [4.78, 5) is 37.2. The van der Waals surface area contributed by atoms with Crippen molar-refractivity contribution in [1.82, 2.24) is 5.32 Å². The molecule has 5 N–H and O–H groups in total. The number of rotatable bonds is 9. The highest BCUT2D eigenvalue weighted by molar-refractivity contribution is 6.31. The number of carbonyl (C=O) groups excluding carboxylic acids is 3. The van der Waals surface area contributed by atoms with Crippen molar-refractivity contribution in [2.45, 2.75) is 24.8 Å². The summed E-state index contributed by atoms with van der Waals surface area (Å²) in [7, 11) is 2.43. The minimum atomic E-state index is -4.47. The van der Waals surface area contributed by atoms with E-state index in [2.05, 4.69) is 10.1 Å². The van der Waals surface area contributed by atoms with Gasteiger partial charge in [0.05, 0.1) is 41.5 Å². The number of anilines is 2. The minimum Gasteiger partial charge on any atom is -0.467 e. The van der Waals surface area contributed by atoms with Crippen LogP contribution in [0.5, 0.6) is 0 Å². The zero-order chi connectivity index (χ0) is 44.6. The molecule has 0 aliphatic carbocycles. The molecule has 0 fully saturated rings. The monoisotopic (exact) mass is 865 g/mol. The Morgan fingerprint density at radius 2 is 1.00 bits per heavy atom. The molecule has 0 saturated heterocycles. The van der Waals surface area contributed by atoms with E-state index in [1.54, 1.807) is 42.5 Å². The Morgan fingerprint density at radius 3 is 1.44 bits per heavy atom. The molecule has 6 rings (SSSR count). The van der Waals surface area contributed by atoms with Crippen molar-refractivity contribution >= 4 is 40.8 Å². The Kier molecular flexibility index (Phi) is 14.1. The predicted molar refractivity (Wildman–Crippen MR) is 218 cm³/mol. The van der Waals surface area contributed by atoms with Gasteiger partial charge >= 0.3 is 24.3 Å². The van der Waals surface area contributed by atoms with Gasteiger partial charge in [-0.05, 0) is 99.6 Å². The van der Waals surface area contributed by atoms with Gasteiger partial charge in [-0.1, -0.05) is 78.3 Å². The summed E-state index contributed by atoms with van der Waals surface area (Å²) in [6.45, 7) is 0. The van der Waals surface area contributed by atoms with Crippen LogP contribution in [-0.4, -0.2) is 38.1 Å². The predicted octanol–water partition coefficient (Wildman–Crippen LogP) is 10.7. The number of halogens is 8. The van der Waals surface area contributed by atoms with Crippen LogP contribution < -0.4 is 16.8 Å². The van der Waals surface area contributed by atoms with Gasteiger partial charge in [-0.3, -0.25) is 4.79 Å². The summed E-state index contributed by atoms with van der Waals surface area (Å²) in [5, 5.41) is 2.64. The first-order valence-corrected chi connectivity index (χ1v) is 18.3. The second kappa shape index (κ2) is 19.0. The third-order valence-electron chi connectivity index (χ3n) is 9.29. The van der Waals surface area contributed by atoms with Crippen LogP contribution in [0.1, 0.15) is 37.4 Å². The normalized spacial score (nSPS) is 11.8. The first-order chi connectivity index (χ1) is 28.8. The number of hydrogen-bond acceptors (Lipinski definition) is 7. The van der Waals surface area contributed by atoms with E-state index < -0.39 is 53.2 Å². The van der Waals surface area contributed by atoms with Crippen molar-refractivity contribution in [3.8, 4) is 33.4 Å². The highest BCUT2D eigenvalue weighted by Gasteiger charge is 2.31. The molecule has 0 aliphatic heterocycles. The van der Waals surface area contributed by atoms with Crippen molar-refractivity contribution in [3.63, 3.8) is 0 Å². The molecule has 1 amide bonds. The zero-order valence-electron chi connectivity index (χ0n) is 32.1. The van der Waals surface area contributed by atoms with E-state index in [1.807, 2.05) is 0 Å². The van der Waals surface area contributed by atoms with Crippen LogP contribution in [-0.2, 0) is 33.0 Å². The van der Waals surface area contributed by atoms with Crippen LogP contribution in [0.15, 0.2) is 127 Å². The van der Waals surface area contributed by atoms with Gasteiger partial charge in [-0.2, -0.15) is 26.3 Å². The smallest absolute Gasteiger partial charge is 0.416 e. The number of esters is 2. The first-order valence-electron chi connectivity index (χ1n) is 17.9. The maximum Gasteiger partial charge on any atom is 0.416 e. The molecule has 1 unspecified atom stereocenters. The summed E-state index contributed by atoms with van der Waals surface area (Å²) < 4.78 is 99.3. The molecule has 0 bridgehead atoms. The van der Waals surface area contributed by atoms with Gasteiger partial charge in [0.2, 0.25) is 0 Å². The van der Waals surface area contributed by atoms with E-state index in [0.29, 0.717) is 33.4 Å². The Labute approximate surface area is 349 Å². The molecule has 0 aromatic heterocycles. The summed E-state index contributed by atoms with van der Waals surface area (Å²) in [5.41, 5.74) is 15.0. The highest BCUT2D eigenvalue weighted by atomic mass is 35.5. The number of methoxy groups -OCH3 is 2. The molecular weight excluding hydrogens is 831 g/mol. The van der Waals surface area contributed by atoms with Crippen LogP contribution in [0.2, 0.25) is 5.02 Å². The lowest BCUT2D eigenvalue weighted by molar-refractivity contribution is -0.143. The average molecular weight is 866 g/mol. The average Bonchev–Trinajstić information content (AvgIpc) is 3.24. The Balaban J connectivity index is 0.000000281. The second-order valence-electron chi connectivity index (χ2n) is 13.3. The topological polar surface area (TPSA) is 134 Å². The van der Waals surface area contributed by atoms with Crippen LogP contribution in [0.3, 0.4) is 0 Å². The number of nitrogens with two attached hydrogens (primary N) is 2. The Morgan fingerprint density at radius 1 is 0.590 bits per heavy atom. The number of alkyl halides is 6. The van der Waals surface area contributed by atoms with Crippen molar-refractivity contribution in [3.05, 3.63) is 166 Å². The molecule has 0 saturated carbocycles. The molecule has 6 aromatic rings. The van der Waals surface area contributed by atoms with Crippen LogP contribution >= 0.6 is 11.6 Å². The maximum absolute atomic E-state index is 13.5. The lowest BCUT2D eigenvalue weighted by atomic mass is 9.99. The zero-order valence-corrected chi connectivity index (χ0v) is 32.9. The summed E-state index contributed by atoms with van der Waals surface area (Å²) in [6, 6.07) is 28.7. The molecule has 316 valence electrons. The van der Waals surface area contributed by atoms with Gasteiger partial charge in [0.25, 0.3) is 5.91 Å². The lowest BCUT2D eigenvalue weighted by Crippen LogP contribution is -2.43. The van der Waals surface area contributed by atoms with E-state index in [1.165, 1.54) is 74.9 Å². The van der Waals surface area contributed by atoms with Crippen LogP contribution in [0.4, 0.5) is 42.1 Å². The third-order valence-corrected chi connectivity index (χ3v) is 9.58. The van der Waals surface area contributed by atoms with Gasteiger partial charge in [0.15, 0.2) is 0 Å². The molecule has 0 spiro atoms. The molecule has 0 heterocycles. The fourth-order valence-corrected chi connectivity index (χ4v) is 6.16. The molecule has 0 aliphatic rings. The number of carbonyl (C=O) groups is 3. The van der Waals surface area contributed by atoms with Crippen LogP contribution in [0.25, 0.3) is 33.4 Å². The van der Waals surface area contributed by atoms with Crippen molar-refractivity contribution in [1.29, 1.82) is 0 Å². The number of ether oxygens (including phenoxy) is 2. The number of amides is 1. The van der Waals surface area contributed by atoms with E-state index in [9.17, 15) is 45.1 Å². The quantitative estimate of drug-likeness (QED) is 0.0748. The SMILES string of the molecule is COC(=O)C(Cc1ccc(-c2ccc(F)c(Cl)c2)cc1)NC(=O)c1cc(-c2ccc(C(F)(F)F)cc2)ccc1N.COC(=O)c1cc(-c2ccc(C(F)(F)F)cc2)ccc1N. The molecule has 0 radical (unpaired) electrons. The van der Waals surface area contributed by atoms with E-state index in [0.717, 1.165) is 29.8 Å². The third kappa shape index (κ3) is 11.5. The van der Waals surface area contributed by atoms with E-state index in [4.69, 9.17) is 27.8 Å². The van der Waals surface area contributed by atoms with Gasteiger partial charge in [-0.25, -0.2) is 14.0 Å². The largest absolute Gasteiger partial charge is 0.467 e. The van der Waals surface area contributed by atoms with Crippen LogP contribution in [0, 0.1) is 5.82 Å². The van der Waals surface area contributed by atoms with Gasteiger partial charge < -0.3 is 26.3 Å². The summed E-state index contributed by atoms with van der Waals surface area (Å²) >= 11 is 5.88. The summed E-state index contributed by atoms with van der Waals surface area (Å²) in [5.74, 6) is -2.45. The number of nitrogens with one attached hydrogen (secondary N) is 1. The molecule has 8 nitrogen and oxygen atoms in total. The Hall–Kier alpha value is -6.87. The fourth-order valence-electron chi connectivity index (χ4n) is 5.97. The summed E-state index contributed by atoms with van der Waals surface area (Å²) in [6.07, 6.45) is -8.75. The van der Waals surface area contributed by atoms with Gasteiger partial charge in [0.1, 0.15) is 11.9 Å². The van der Waals surface area contributed by atoms with Crippen molar-refractivity contribution in [2.24, 2.45) is 0 Å². The number of nitrogen functional groups attached to an aromatic ring is 2. The number of benzene rings is 6. The maximum atomic E-state index is 13.5. The van der Waals surface area contributed by atoms with Crippen molar-refractivity contribution < 1.29 is 54.6 Å². The second-order valence-corrected chi connectivity index (χ2v) is 13.7. The van der Waals surface area contributed by atoms with E-state index >= 15 is 0 Å². The molecule has 6 aromatic carbocycles. The molecule has 16 heteroatoms. The fraction of sp³-hybridized carbons (Fsp3) is 0.133. The first kappa shape index (κ1) is 45.2. The molecule has 61 heavy (non-hydrogen) atoms.